The van der Waals surface area contributed by atoms with E-state index in [1.807, 2.05) is 6.92 Å². The monoisotopic (exact) mass is 341 g/mol. The van der Waals surface area contributed by atoms with Crippen LogP contribution >= 0.6 is 0 Å². The molecule has 6 nitrogen and oxygen atoms in total. The number of ether oxygens (including phenoxy) is 2. The minimum atomic E-state index is -0.603. The molecule has 0 radical (unpaired) electrons. The van der Waals surface area contributed by atoms with Crippen molar-refractivity contribution < 1.29 is 23.9 Å². The van der Waals surface area contributed by atoms with Crippen LogP contribution < -0.4 is 10.1 Å². The predicted molar refractivity (Wildman–Crippen MR) is 93.0 cm³/mol. The van der Waals surface area contributed by atoms with Crippen LogP contribution in [0.25, 0.3) is 0 Å². The topological polar surface area (TPSA) is 81.7 Å². The van der Waals surface area contributed by atoms with Gasteiger partial charge in [-0.1, -0.05) is 0 Å². The largest absolute Gasteiger partial charge is 0.494 e. The summed E-state index contributed by atoms with van der Waals surface area (Å²) < 4.78 is 10.3. The third kappa shape index (κ3) is 5.46. The highest BCUT2D eigenvalue weighted by Gasteiger charge is 2.12. The van der Waals surface area contributed by atoms with Gasteiger partial charge in [0.2, 0.25) is 5.91 Å². The number of anilines is 1. The number of rotatable bonds is 7. The van der Waals surface area contributed by atoms with Crippen molar-refractivity contribution in [2.75, 3.05) is 18.5 Å². The lowest BCUT2D eigenvalue weighted by Gasteiger charge is -2.07. The first-order valence-corrected chi connectivity index (χ1v) is 7.80. The van der Waals surface area contributed by atoms with E-state index in [1.54, 1.807) is 36.4 Å². The third-order valence-corrected chi connectivity index (χ3v) is 3.26. The van der Waals surface area contributed by atoms with E-state index < -0.39 is 5.97 Å². The first-order valence-electron chi connectivity index (χ1n) is 7.80. The van der Waals surface area contributed by atoms with Crippen molar-refractivity contribution in [3.05, 3.63) is 59.7 Å². The van der Waals surface area contributed by atoms with Gasteiger partial charge >= 0.3 is 5.97 Å². The second-order valence-corrected chi connectivity index (χ2v) is 5.22. The van der Waals surface area contributed by atoms with E-state index in [0.29, 0.717) is 29.2 Å². The fourth-order valence-corrected chi connectivity index (χ4v) is 2.09. The van der Waals surface area contributed by atoms with Crippen LogP contribution in [0, 0.1) is 0 Å². The summed E-state index contributed by atoms with van der Waals surface area (Å²) in [6.07, 6.45) is 0. The zero-order valence-corrected chi connectivity index (χ0v) is 14.1. The van der Waals surface area contributed by atoms with Gasteiger partial charge in [0.15, 0.2) is 12.4 Å². The van der Waals surface area contributed by atoms with Crippen molar-refractivity contribution in [2.45, 2.75) is 13.8 Å². The third-order valence-electron chi connectivity index (χ3n) is 3.26. The Bertz CT molecular complexity index is 750. The molecule has 0 saturated carbocycles. The van der Waals surface area contributed by atoms with Gasteiger partial charge in [-0.3, -0.25) is 9.59 Å². The van der Waals surface area contributed by atoms with Gasteiger partial charge in [-0.05, 0) is 55.5 Å². The number of benzene rings is 2. The molecule has 1 amide bonds. The van der Waals surface area contributed by atoms with Crippen LogP contribution in [0.5, 0.6) is 5.75 Å². The first kappa shape index (κ1) is 18.2. The van der Waals surface area contributed by atoms with Gasteiger partial charge in [0.25, 0.3) is 0 Å². The molecule has 0 aromatic heterocycles. The van der Waals surface area contributed by atoms with E-state index >= 15 is 0 Å². The summed E-state index contributed by atoms with van der Waals surface area (Å²) in [5.74, 6) is -0.425. The van der Waals surface area contributed by atoms with Crippen molar-refractivity contribution in [1.82, 2.24) is 0 Å². The average molecular weight is 341 g/mol. The van der Waals surface area contributed by atoms with Gasteiger partial charge in [-0.2, -0.15) is 0 Å². The molecular formula is C19H19NO5. The SMILES string of the molecule is CCOc1ccc(C(=O)COC(=O)c2ccc(NC(C)=O)cc2)cc1. The van der Waals surface area contributed by atoms with E-state index in [9.17, 15) is 14.4 Å². The lowest BCUT2D eigenvalue weighted by molar-refractivity contribution is -0.114. The Morgan fingerprint density at radius 3 is 2.08 bits per heavy atom. The van der Waals surface area contributed by atoms with Crippen molar-refractivity contribution in [3.8, 4) is 5.75 Å². The van der Waals surface area contributed by atoms with Gasteiger partial charge in [0.1, 0.15) is 5.75 Å². The number of nitrogens with one attached hydrogen (secondary N) is 1. The number of amides is 1. The molecule has 0 spiro atoms. The molecule has 0 unspecified atom stereocenters. The van der Waals surface area contributed by atoms with Crippen LogP contribution in [0.1, 0.15) is 34.6 Å². The van der Waals surface area contributed by atoms with Crippen LogP contribution in [-0.4, -0.2) is 30.9 Å². The lowest BCUT2D eigenvalue weighted by atomic mass is 10.1. The molecule has 2 aromatic rings. The van der Waals surface area contributed by atoms with E-state index in [4.69, 9.17) is 9.47 Å². The molecule has 0 aliphatic carbocycles. The van der Waals surface area contributed by atoms with Crippen molar-refractivity contribution in [3.63, 3.8) is 0 Å². The Morgan fingerprint density at radius 1 is 0.920 bits per heavy atom. The normalized spacial score (nSPS) is 10.0. The number of ketones is 1. The van der Waals surface area contributed by atoms with Crippen LogP contribution in [0.4, 0.5) is 5.69 Å². The molecule has 2 rings (SSSR count). The molecule has 0 aliphatic heterocycles. The van der Waals surface area contributed by atoms with Crippen molar-refractivity contribution >= 4 is 23.3 Å². The van der Waals surface area contributed by atoms with Crippen LogP contribution in [0.15, 0.2) is 48.5 Å². The first-order chi connectivity index (χ1) is 12.0. The molecule has 1 N–H and O–H groups in total. The highest BCUT2D eigenvalue weighted by molar-refractivity contribution is 5.99. The Morgan fingerprint density at radius 2 is 1.52 bits per heavy atom. The van der Waals surface area contributed by atoms with Gasteiger partial charge in [-0.15, -0.1) is 0 Å². The summed E-state index contributed by atoms with van der Waals surface area (Å²) in [4.78, 5) is 35.0. The van der Waals surface area contributed by atoms with Gasteiger partial charge < -0.3 is 14.8 Å². The van der Waals surface area contributed by atoms with Crippen molar-refractivity contribution in [2.24, 2.45) is 0 Å². The maximum Gasteiger partial charge on any atom is 0.338 e. The summed E-state index contributed by atoms with van der Waals surface area (Å²) in [5.41, 5.74) is 1.32. The minimum absolute atomic E-state index is 0.198. The Labute approximate surface area is 145 Å². The second kappa shape index (κ2) is 8.63. The zero-order chi connectivity index (χ0) is 18.2. The molecule has 0 bridgehead atoms. The fraction of sp³-hybridized carbons (Fsp3) is 0.211. The zero-order valence-electron chi connectivity index (χ0n) is 14.1. The molecule has 0 fully saturated rings. The highest BCUT2D eigenvalue weighted by atomic mass is 16.5. The van der Waals surface area contributed by atoms with Crippen molar-refractivity contribution in [1.29, 1.82) is 0 Å². The molecule has 25 heavy (non-hydrogen) atoms. The molecule has 0 aliphatic rings. The second-order valence-electron chi connectivity index (χ2n) is 5.22. The summed E-state index contributed by atoms with van der Waals surface area (Å²) in [5, 5.41) is 2.60. The van der Waals surface area contributed by atoms with Gasteiger partial charge in [0, 0.05) is 18.2 Å². The molecule has 0 heterocycles. The Hall–Kier alpha value is -3.15. The summed E-state index contributed by atoms with van der Waals surface area (Å²) in [7, 11) is 0. The molecule has 0 atom stereocenters. The van der Waals surface area contributed by atoms with E-state index in [-0.39, 0.29) is 18.3 Å². The number of Topliss-reactive ketones (excluding diaryl/α,β-unsaturated/α-hetero) is 1. The van der Waals surface area contributed by atoms with E-state index in [2.05, 4.69) is 5.32 Å². The molecular weight excluding hydrogens is 322 g/mol. The number of hydrogen-bond acceptors (Lipinski definition) is 5. The van der Waals surface area contributed by atoms with Gasteiger partial charge in [0.05, 0.1) is 12.2 Å². The smallest absolute Gasteiger partial charge is 0.338 e. The average Bonchev–Trinajstić information content (AvgIpc) is 2.60. The predicted octanol–water partition coefficient (Wildman–Crippen LogP) is 3.08. The lowest BCUT2D eigenvalue weighted by Crippen LogP contribution is -2.14. The van der Waals surface area contributed by atoms with E-state index in [0.717, 1.165) is 0 Å². The molecule has 130 valence electrons. The summed E-state index contributed by atoms with van der Waals surface area (Å²) in [6.45, 7) is 3.47. The fourth-order valence-electron chi connectivity index (χ4n) is 2.09. The molecule has 6 heteroatoms. The van der Waals surface area contributed by atoms with E-state index in [1.165, 1.54) is 19.1 Å². The number of esters is 1. The van der Waals surface area contributed by atoms with Crippen LogP contribution in [0.3, 0.4) is 0 Å². The molecule has 0 saturated heterocycles. The number of carbonyl (C=O) groups is 3. The molecule has 2 aromatic carbocycles. The Kier molecular flexibility index (Phi) is 6.28. The minimum Gasteiger partial charge on any atom is -0.494 e. The van der Waals surface area contributed by atoms with Crippen LogP contribution in [0.2, 0.25) is 0 Å². The maximum absolute atomic E-state index is 12.1. The summed E-state index contributed by atoms with van der Waals surface area (Å²) >= 11 is 0. The number of carbonyl (C=O) groups excluding carboxylic acids is 3. The van der Waals surface area contributed by atoms with Crippen LogP contribution in [-0.2, 0) is 9.53 Å². The quantitative estimate of drug-likeness (QED) is 0.618. The number of hydrogen-bond donors (Lipinski definition) is 1. The maximum atomic E-state index is 12.1. The summed E-state index contributed by atoms with van der Waals surface area (Å²) in [6, 6.07) is 12.9. The standard InChI is InChI=1S/C19H19NO5/c1-3-24-17-10-6-14(7-11-17)18(22)12-25-19(23)15-4-8-16(9-5-15)20-13(2)21/h4-11H,3,12H2,1-2H3,(H,20,21). The highest BCUT2D eigenvalue weighted by Crippen LogP contribution is 2.14. The Balaban J connectivity index is 1.90. The van der Waals surface area contributed by atoms with Gasteiger partial charge in [-0.25, -0.2) is 4.79 Å².